The zero-order chi connectivity index (χ0) is 18.8. The summed E-state index contributed by atoms with van der Waals surface area (Å²) in [5, 5.41) is 3.14. The molecular formula is C21H21BrN2O3. The number of fused-ring (bicyclic) bond motifs is 1. The van der Waals surface area contributed by atoms with Gasteiger partial charge in [-0.05, 0) is 43.2 Å². The average Bonchev–Trinajstić information content (AvgIpc) is 3.18. The molecule has 2 heterocycles. The van der Waals surface area contributed by atoms with Crippen LogP contribution in [0.25, 0.3) is 0 Å². The lowest BCUT2D eigenvalue weighted by Crippen LogP contribution is -2.47. The smallest absolute Gasteiger partial charge is 0.254 e. The molecule has 0 spiro atoms. The molecule has 6 heteroatoms. The predicted molar refractivity (Wildman–Crippen MR) is 106 cm³/mol. The first kappa shape index (κ1) is 18.0. The number of likely N-dealkylation sites (tertiary alicyclic amines) is 1. The fourth-order valence-corrected chi connectivity index (χ4v) is 4.06. The molecule has 1 fully saturated rings. The van der Waals surface area contributed by atoms with Crippen LogP contribution in [0.15, 0.2) is 53.0 Å². The Labute approximate surface area is 166 Å². The van der Waals surface area contributed by atoms with Gasteiger partial charge in [0, 0.05) is 28.6 Å². The van der Waals surface area contributed by atoms with Crippen LogP contribution in [0.2, 0.25) is 0 Å². The highest BCUT2D eigenvalue weighted by Crippen LogP contribution is 2.32. The summed E-state index contributed by atoms with van der Waals surface area (Å²) in [5.41, 5.74) is 1.61. The Morgan fingerprint density at radius 3 is 2.67 bits per heavy atom. The summed E-state index contributed by atoms with van der Waals surface area (Å²) in [6.07, 6.45) is 2.26. The summed E-state index contributed by atoms with van der Waals surface area (Å²) in [7, 11) is 0. The maximum absolute atomic E-state index is 13.0. The van der Waals surface area contributed by atoms with E-state index in [0.29, 0.717) is 25.1 Å². The zero-order valence-electron chi connectivity index (χ0n) is 14.9. The van der Waals surface area contributed by atoms with Crippen molar-refractivity contribution in [3.63, 3.8) is 0 Å². The molecule has 1 saturated heterocycles. The number of ether oxygens (including phenoxy) is 1. The summed E-state index contributed by atoms with van der Waals surface area (Å²) in [6.45, 7) is 1.19. The quantitative estimate of drug-likeness (QED) is 0.810. The third kappa shape index (κ3) is 3.72. The number of para-hydroxylation sites is 1. The van der Waals surface area contributed by atoms with Crippen LogP contribution in [0, 0.1) is 0 Å². The molecule has 27 heavy (non-hydrogen) atoms. The molecule has 2 unspecified atom stereocenters. The van der Waals surface area contributed by atoms with Crippen molar-refractivity contribution in [2.45, 2.75) is 31.3 Å². The van der Waals surface area contributed by atoms with E-state index in [1.165, 1.54) is 0 Å². The second-order valence-corrected chi connectivity index (χ2v) is 7.82. The van der Waals surface area contributed by atoms with E-state index < -0.39 is 6.04 Å². The molecule has 2 aromatic carbocycles. The molecule has 1 N–H and O–H groups in total. The Morgan fingerprint density at radius 1 is 1.07 bits per heavy atom. The van der Waals surface area contributed by atoms with Crippen molar-refractivity contribution in [1.82, 2.24) is 10.2 Å². The Bertz CT molecular complexity index is 853. The molecule has 2 aromatic rings. The Kier molecular flexibility index (Phi) is 5.16. The van der Waals surface area contributed by atoms with Crippen molar-refractivity contribution < 1.29 is 14.3 Å². The minimum absolute atomic E-state index is 0.0762. The molecule has 0 radical (unpaired) electrons. The van der Waals surface area contributed by atoms with Crippen LogP contribution in [-0.2, 0) is 4.79 Å². The van der Waals surface area contributed by atoms with Crippen LogP contribution in [0.4, 0.5) is 0 Å². The number of hydrogen-bond acceptors (Lipinski definition) is 3. The van der Waals surface area contributed by atoms with Crippen LogP contribution >= 0.6 is 15.9 Å². The van der Waals surface area contributed by atoms with E-state index >= 15 is 0 Å². The predicted octanol–water partition coefficient (Wildman–Crippen LogP) is 3.69. The van der Waals surface area contributed by atoms with Gasteiger partial charge in [0.25, 0.3) is 5.91 Å². The van der Waals surface area contributed by atoms with E-state index in [4.69, 9.17) is 4.74 Å². The van der Waals surface area contributed by atoms with E-state index in [2.05, 4.69) is 21.2 Å². The largest absolute Gasteiger partial charge is 0.493 e. The minimum atomic E-state index is -0.420. The van der Waals surface area contributed by atoms with Gasteiger partial charge in [0.15, 0.2) is 0 Å². The highest BCUT2D eigenvalue weighted by Gasteiger charge is 2.36. The van der Waals surface area contributed by atoms with Gasteiger partial charge < -0.3 is 15.0 Å². The van der Waals surface area contributed by atoms with Crippen LogP contribution in [0.3, 0.4) is 0 Å². The Morgan fingerprint density at radius 2 is 1.85 bits per heavy atom. The number of rotatable bonds is 3. The Hall–Kier alpha value is -2.34. The second-order valence-electron chi connectivity index (χ2n) is 6.90. The number of amides is 2. The molecule has 2 atom stereocenters. The molecule has 2 aliphatic heterocycles. The molecule has 4 rings (SSSR count). The number of nitrogens with zero attached hydrogens (tertiary/aromatic N) is 1. The fourth-order valence-electron chi connectivity index (χ4n) is 3.80. The molecule has 140 valence electrons. The first-order chi connectivity index (χ1) is 13.1. The van der Waals surface area contributed by atoms with Crippen LogP contribution in [-0.4, -0.2) is 35.9 Å². The molecule has 5 nitrogen and oxygen atoms in total. The lowest BCUT2D eigenvalue weighted by atomic mass is 10.00. The van der Waals surface area contributed by atoms with Crippen LogP contribution in [0.1, 0.15) is 41.2 Å². The lowest BCUT2D eigenvalue weighted by molar-refractivity contribution is -0.125. The van der Waals surface area contributed by atoms with Crippen molar-refractivity contribution in [3.8, 4) is 5.75 Å². The van der Waals surface area contributed by atoms with E-state index in [1.807, 2.05) is 36.4 Å². The number of nitrogens with one attached hydrogen (secondary N) is 1. The van der Waals surface area contributed by atoms with E-state index in [0.717, 1.165) is 28.6 Å². The maximum atomic E-state index is 13.0. The standard InChI is InChI=1S/C21H21BrN2O3/c22-15-9-7-14(8-10-15)21(26)24-12-3-5-18(24)20(25)23-17-11-13-27-19-6-2-1-4-16(17)19/h1-2,4,6-10,17-18H,3,5,11-13H2,(H,23,25). The van der Waals surface area contributed by atoms with Crippen molar-refractivity contribution in [1.29, 1.82) is 0 Å². The van der Waals surface area contributed by atoms with Gasteiger partial charge in [-0.25, -0.2) is 0 Å². The summed E-state index contributed by atoms with van der Waals surface area (Å²) >= 11 is 3.38. The van der Waals surface area contributed by atoms with Gasteiger partial charge in [-0.3, -0.25) is 9.59 Å². The van der Waals surface area contributed by atoms with E-state index in [9.17, 15) is 9.59 Å². The number of benzene rings is 2. The number of halogens is 1. The van der Waals surface area contributed by atoms with Gasteiger partial charge in [-0.15, -0.1) is 0 Å². The van der Waals surface area contributed by atoms with Crippen molar-refractivity contribution in [3.05, 3.63) is 64.1 Å². The van der Waals surface area contributed by atoms with Crippen LogP contribution < -0.4 is 10.1 Å². The molecule has 0 aliphatic carbocycles. The van der Waals surface area contributed by atoms with Crippen LogP contribution in [0.5, 0.6) is 5.75 Å². The normalized spacial score (nSPS) is 21.3. The summed E-state index contributed by atoms with van der Waals surface area (Å²) in [5.74, 6) is 0.649. The molecule has 0 bridgehead atoms. The van der Waals surface area contributed by atoms with Gasteiger partial charge >= 0.3 is 0 Å². The monoisotopic (exact) mass is 428 g/mol. The topological polar surface area (TPSA) is 58.6 Å². The van der Waals surface area contributed by atoms with E-state index in [-0.39, 0.29) is 17.9 Å². The van der Waals surface area contributed by atoms with Gasteiger partial charge in [0.05, 0.1) is 12.6 Å². The highest BCUT2D eigenvalue weighted by atomic mass is 79.9. The highest BCUT2D eigenvalue weighted by molar-refractivity contribution is 9.10. The zero-order valence-corrected chi connectivity index (χ0v) is 16.4. The number of hydrogen-bond donors (Lipinski definition) is 1. The molecular weight excluding hydrogens is 408 g/mol. The maximum Gasteiger partial charge on any atom is 0.254 e. The second kappa shape index (κ2) is 7.72. The first-order valence-electron chi connectivity index (χ1n) is 9.22. The van der Waals surface area contributed by atoms with Crippen molar-refractivity contribution >= 4 is 27.7 Å². The van der Waals surface area contributed by atoms with E-state index in [1.54, 1.807) is 17.0 Å². The average molecular weight is 429 g/mol. The SMILES string of the molecule is O=C(NC1CCOc2ccccc21)C1CCCN1C(=O)c1ccc(Br)cc1. The number of carbonyl (C=O) groups is 2. The third-order valence-electron chi connectivity index (χ3n) is 5.18. The van der Waals surface area contributed by atoms with Gasteiger partial charge in [0.1, 0.15) is 11.8 Å². The molecule has 0 aromatic heterocycles. The number of carbonyl (C=O) groups excluding carboxylic acids is 2. The molecule has 0 saturated carbocycles. The fraction of sp³-hybridized carbons (Fsp3) is 0.333. The minimum Gasteiger partial charge on any atom is -0.493 e. The summed E-state index contributed by atoms with van der Waals surface area (Å²) in [4.78, 5) is 27.5. The molecule has 2 aliphatic rings. The lowest BCUT2D eigenvalue weighted by Gasteiger charge is -2.30. The molecule has 2 amide bonds. The van der Waals surface area contributed by atoms with Gasteiger partial charge in [-0.1, -0.05) is 34.1 Å². The van der Waals surface area contributed by atoms with Crippen molar-refractivity contribution in [2.24, 2.45) is 0 Å². The van der Waals surface area contributed by atoms with Gasteiger partial charge in [-0.2, -0.15) is 0 Å². The summed E-state index contributed by atoms with van der Waals surface area (Å²) < 4.78 is 6.59. The third-order valence-corrected chi connectivity index (χ3v) is 5.71. The summed E-state index contributed by atoms with van der Waals surface area (Å²) in [6, 6.07) is 14.6. The Balaban J connectivity index is 1.48. The van der Waals surface area contributed by atoms with Gasteiger partial charge in [0.2, 0.25) is 5.91 Å². The van der Waals surface area contributed by atoms with Crippen molar-refractivity contribution in [2.75, 3.05) is 13.2 Å². The first-order valence-corrected chi connectivity index (χ1v) is 10.0.